The van der Waals surface area contributed by atoms with Crippen molar-refractivity contribution in [1.82, 2.24) is 0 Å². The number of aryl methyl sites for hydroxylation is 6. The third-order valence-electron chi connectivity index (χ3n) is 6.29. The number of carbonyl (C=O) groups is 2. The Labute approximate surface area is 214 Å². The lowest BCUT2D eigenvalue weighted by Crippen LogP contribution is -2.16. The molecule has 0 spiro atoms. The zero-order valence-electron chi connectivity index (χ0n) is 21.6. The van der Waals surface area contributed by atoms with Crippen molar-refractivity contribution in [2.45, 2.75) is 41.5 Å². The first-order valence-corrected chi connectivity index (χ1v) is 11.8. The van der Waals surface area contributed by atoms with Crippen molar-refractivity contribution >= 4 is 28.4 Å². The van der Waals surface area contributed by atoms with Crippen LogP contribution in [0.15, 0.2) is 54.6 Å². The first-order chi connectivity index (χ1) is 17.5. The number of carbonyl (C=O) groups excluding carboxylic acids is 2. The van der Waals surface area contributed by atoms with Gasteiger partial charge in [0.25, 0.3) is 5.69 Å². The molecule has 7 nitrogen and oxygen atoms in total. The highest BCUT2D eigenvalue weighted by Crippen LogP contribution is 2.38. The van der Waals surface area contributed by atoms with Crippen molar-refractivity contribution in [2.75, 3.05) is 0 Å². The van der Waals surface area contributed by atoms with Crippen molar-refractivity contribution < 1.29 is 24.0 Å². The monoisotopic (exact) mass is 497 g/mol. The molecule has 0 N–H and O–H groups in total. The molecule has 0 saturated heterocycles. The number of nitro groups is 1. The van der Waals surface area contributed by atoms with Gasteiger partial charge in [0.05, 0.1) is 21.4 Å². The molecule has 0 atom stereocenters. The predicted molar refractivity (Wildman–Crippen MR) is 142 cm³/mol. The van der Waals surface area contributed by atoms with E-state index in [9.17, 15) is 19.7 Å². The number of non-ortho nitro benzene ring substituents is 1. The molecule has 0 amide bonds. The van der Waals surface area contributed by atoms with E-state index in [-0.39, 0.29) is 22.6 Å². The van der Waals surface area contributed by atoms with Crippen LogP contribution in [0.25, 0.3) is 10.8 Å². The summed E-state index contributed by atoms with van der Waals surface area (Å²) in [6.45, 7) is 11.1. The zero-order chi connectivity index (χ0) is 27.0. The fraction of sp³-hybridized carbons (Fsp3) is 0.200. The highest BCUT2D eigenvalue weighted by atomic mass is 16.6. The third-order valence-corrected chi connectivity index (χ3v) is 6.29. The molecule has 0 aliphatic carbocycles. The second-order valence-electron chi connectivity index (χ2n) is 9.38. The van der Waals surface area contributed by atoms with Gasteiger partial charge in [-0.3, -0.25) is 10.1 Å². The Morgan fingerprint density at radius 2 is 1.11 bits per heavy atom. The highest BCUT2D eigenvalue weighted by molar-refractivity contribution is 5.99. The van der Waals surface area contributed by atoms with E-state index >= 15 is 0 Å². The maximum Gasteiger partial charge on any atom is 0.344 e. The molecule has 4 aromatic rings. The predicted octanol–water partition coefficient (Wildman–Crippen LogP) is 7.04. The van der Waals surface area contributed by atoms with Crippen LogP contribution in [0.4, 0.5) is 5.69 Å². The van der Waals surface area contributed by atoms with Crippen LogP contribution in [0.5, 0.6) is 11.5 Å². The molecule has 0 aromatic heterocycles. The minimum absolute atomic E-state index is 0.00635. The lowest BCUT2D eigenvalue weighted by Gasteiger charge is -2.16. The van der Waals surface area contributed by atoms with E-state index in [0.29, 0.717) is 16.5 Å². The number of esters is 2. The van der Waals surface area contributed by atoms with E-state index in [4.69, 9.17) is 9.47 Å². The molecule has 4 aromatic carbocycles. The Kier molecular flexibility index (Phi) is 6.81. The topological polar surface area (TPSA) is 95.7 Å². The van der Waals surface area contributed by atoms with Crippen LogP contribution in [-0.2, 0) is 0 Å². The fourth-order valence-corrected chi connectivity index (χ4v) is 4.89. The molecule has 0 fully saturated rings. The van der Waals surface area contributed by atoms with Gasteiger partial charge < -0.3 is 9.47 Å². The number of nitrogens with zero attached hydrogens (tertiary/aromatic N) is 1. The molecular weight excluding hydrogens is 470 g/mol. The number of benzene rings is 4. The van der Waals surface area contributed by atoms with Gasteiger partial charge in [-0.05, 0) is 81.3 Å². The molecule has 188 valence electrons. The van der Waals surface area contributed by atoms with E-state index in [2.05, 4.69) is 0 Å². The van der Waals surface area contributed by atoms with Gasteiger partial charge in [-0.15, -0.1) is 0 Å². The molecule has 4 rings (SSSR count). The van der Waals surface area contributed by atoms with Gasteiger partial charge in [0.2, 0.25) is 0 Å². The van der Waals surface area contributed by atoms with Crippen LogP contribution in [0, 0.1) is 51.7 Å². The zero-order valence-corrected chi connectivity index (χ0v) is 21.6. The Bertz CT molecular complexity index is 1560. The van der Waals surface area contributed by atoms with Crippen molar-refractivity contribution in [1.29, 1.82) is 0 Å². The lowest BCUT2D eigenvalue weighted by atomic mass is 10.00. The number of hydrogen-bond donors (Lipinski definition) is 0. The van der Waals surface area contributed by atoms with Crippen molar-refractivity contribution in [3.63, 3.8) is 0 Å². The molecule has 0 bridgehead atoms. The summed E-state index contributed by atoms with van der Waals surface area (Å²) in [5.74, 6) is -1.34. The molecule has 0 saturated carbocycles. The van der Waals surface area contributed by atoms with Gasteiger partial charge in [-0.2, -0.15) is 0 Å². The lowest BCUT2D eigenvalue weighted by molar-refractivity contribution is -0.383. The average Bonchev–Trinajstić information content (AvgIpc) is 2.77. The number of rotatable bonds is 5. The van der Waals surface area contributed by atoms with Crippen LogP contribution in [0.1, 0.15) is 54.1 Å². The van der Waals surface area contributed by atoms with Crippen LogP contribution in [-0.4, -0.2) is 16.9 Å². The standard InChI is InChI=1S/C30H27NO6/c1-16-10-18(3)27(19(4)11-16)29(32)36-25-14-22-8-7-9-24(31(34)35)23(22)15-26(25)37-30(33)28-20(5)12-17(2)13-21(28)6/h7-15H,1-6H3. The van der Waals surface area contributed by atoms with Crippen LogP contribution < -0.4 is 9.47 Å². The van der Waals surface area contributed by atoms with Gasteiger partial charge >= 0.3 is 11.9 Å². The van der Waals surface area contributed by atoms with Gasteiger partial charge in [0.15, 0.2) is 11.5 Å². The summed E-state index contributed by atoms with van der Waals surface area (Å²) in [6, 6.07) is 15.0. The smallest absolute Gasteiger partial charge is 0.344 e. The summed E-state index contributed by atoms with van der Waals surface area (Å²) in [4.78, 5) is 37.7. The van der Waals surface area contributed by atoms with Crippen LogP contribution in [0.2, 0.25) is 0 Å². The number of ether oxygens (including phenoxy) is 2. The van der Waals surface area contributed by atoms with Gasteiger partial charge in [0, 0.05) is 6.07 Å². The maximum absolute atomic E-state index is 13.3. The van der Waals surface area contributed by atoms with E-state index in [1.165, 1.54) is 18.2 Å². The Balaban J connectivity index is 1.84. The van der Waals surface area contributed by atoms with E-state index in [1.807, 2.05) is 65.8 Å². The van der Waals surface area contributed by atoms with E-state index < -0.39 is 16.9 Å². The number of hydrogen-bond acceptors (Lipinski definition) is 6. The second kappa shape index (κ2) is 9.85. The highest BCUT2D eigenvalue weighted by Gasteiger charge is 2.23. The second-order valence-corrected chi connectivity index (χ2v) is 9.38. The first-order valence-electron chi connectivity index (χ1n) is 11.8. The minimum Gasteiger partial charge on any atom is -0.419 e. The molecular formula is C30H27NO6. The van der Waals surface area contributed by atoms with Crippen molar-refractivity contribution in [2.24, 2.45) is 0 Å². The van der Waals surface area contributed by atoms with Gasteiger partial charge in [-0.1, -0.05) is 47.5 Å². The van der Waals surface area contributed by atoms with Gasteiger partial charge in [0.1, 0.15) is 0 Å². The average molecular weight is 498 g/mol. The summed E-state index contributed by atoms with van der Waals surface area (Å²) >= 11 is 0. The molecule has 7 heteroatoms. The van der Waals surface area contributed by atoms with Crippen LogP contribution >= 0.6 is 0 Å². The fourth-order valence-electron chi connectivity index (χ4n) is 4.89. The Morgan fingerprint density at radius 3 is 1.54 bits per heavy atom. The molecule has 0 heterocycles. The molecule has 0 aliphatic rings. The summed E-state index contributed by atoms with van der Waals surface area (Å²) in [7, 11) is 0. The van der Waals surface area contributed by atoms with Crippen molar-refractivity contribution in [3.05, 3.63) is 109 Å². The molecule has 0 aliphatic heterocycles. The SMILES string of the molecule is Cc1cc(C)c(C(=O)Oc2cc3cccc([N+](=O)[O-])c3cc2OC(=O)c2c(C)cc(C)cc2C)c(C)c1. The largest absolute Gasteiger partial charge is 0.419 e. The molecule has 0 radical (unpaired) electrons. The third kappa shape index (κ3) is 5.07. The summed E-state index contributed by atoms with van der Waals surface area (Å²) < 4.78 is 11.5. The van der Waals surface area contributed by atoms with Crippen LogP contribution in [0.3, 0.4) is 0 Å². The number of nitro benzene ring substituents is 1. The Morgan fingerprint density at radius 1 is 0.676 bits per heavy atom. The van der Waals surface area contributed by atoms with E-state index in [0.717, 1.165) is 33.4 Å². The maximum atomic E-state index is 13.3. The molecule has 37 heavy (non-hydrogen) atoms. The number of fused-ring (bicyclic) bond motifs is 1. The van der Waals surface area contributed by atoms with E-state index in [1.54, 1.807) is 12.1 Å². The molecule has 0 unspecified atom stereocenters. The first kappa shape index (κ1) is 25.6. The van der Waals surface area contributed by atoms with Gasteiger partial charge in [-0.25, -0.2) is 9.59 Å². The normalized spacial score (nSPS) is 10.9. The Hall–Kier alpha value is -4.52. The minimum atomic E-state index is -0.645. The summed E-state index contributed by atoms with van der Waals surface area (Å²) in [5, 5.41) is 12.4. The quantitative estimate of drug-likeness (QED) is 0.127. The summed E-state index contributed by atoms with van der Waals surface area (Å²) in [6.07, 6.45) is 0. The summed E-state index contributed by atoms with van der Waals surface area (Å²) in [5.41, 5.74) is 5.64. The van der Waals surface area contributed by atoms with Crippen molar-refractivity contribution in [3.8, 4) is 11.5 Å².